The Morgan fingerprint density at radius 2 is 2.00 bits per heavy atom. The largest absolute Gasteiger partial charge is 0.162 e. The summed E-state index contributed by atoms with van der Waals surface area (Å²) in [5.41, 5.74) is 0. The molecule has 10 heavy (non-hydrogen) atoms. The quantitative estimate of drug-likeness (QED) is 0.561. The molecule has 0 saturated carbocycles. The Bertz CT molecular complexity index is 124. The maximum absolute atomic E-state index is 2.27. The van der Waals surface area contributed by atoms with Crippen LogP contribution in [0.3, 0.4) is 0 Å². The Hall–Kier alpha value is -0.170. The number of allylic oxidation sites excluding steroid dienone is 4. The molecule has 0 fully saturated rings. The minimum atomic E-state index is 0.735. The topological polar surface area (TPSA) is 0 Å². The van der Waals surface area contributed by atoms with Crippen molar-refractivity contribution >= 4 is 11.8 Å². The van der Waals surface area contributed by atoms with E-state index < -0.39 is 0 Å². The van der Waals surface area contributed by atoms with Crippen molar-refractivity contribution in [3.63, 3.8) is 0 Å². The highest BCUT2D eigenvalue weighted by atomic mass is 32.2. The first-order valence-electron chi connectivity index (χ1n) is 3.86. The summed E-state index contributed by atoms with van der Waals surface area (Å²) in [6, 6.07) is 0. The first-order valence-corrected chi connectivity index (χ1v) is 5.01. The van der Waals surface area contributed by atoms with Gasteiger partial charge in [0.2, 0.25) is 0 Å². The predicted molar refractivity (Wildman–Crippen MR) is 49.4 cm³/mol. The van der Waals surface area contributed by atoms with E-state index in [4.69, 9.17) is 0 Å². The van der Waals surface area contributed by atoms with Gasteiger partial charge in [-0.3, -0.25) is 0 Å². The molecule has 0 aliphatic heterocycles. The zero-order valence-electron chi connectivity index (χ0n) is 6.42. The van der Waals surface area contributed by atoms with Gasteiger partial charge in [-0.25, -0.2) is 0 Å². The van der Waals surface area contributed by atoms with Crippen LogP contribution in [0.4, 0.5) is 0 Å². The summed E-state index contributed by atoms with van der Waals surface area (Å²) in [6.45, 7) is 2.21. The zero-order chi connectivity index (χ0) is 7.23. The van der Waals surface area contributed by atoms with Crippen molar-refractivity contribution in [3.8, 4) is 0 Å². The van der Waals surface area contributed by atoms with E-state index in [0.717, 1.165) is 5.92 Å². The average Bonchev–Trinajstić information content (AvgIpc) is 2.41. The van der Waals surface area contributed by atoms with Gasteiger partial charge in [-0.1, -0.05) is 31.2 Å². The zero-order valence-corrected chi connectivity index (χ0v) is 7.23. The molecule has 0 radical (unpaired) electrons. The number of thioether (sulfide) groups is 1. The molecule has 0 spiro atoms. The van der Waals surface area contributed by atoms with Crippen LogP contribution in [0.1, 0.15) is 13.3 Å². The van der Waals surface area contributed by atoms with Crippen LogP contribution in [0.25, 0.3) is 0 Å². The third-order valence-corrected chi connectivity index (χ3v) is 2.56. The fraction of sp³-hybridized carbons (Fsp3) is 0.556. The van der Waals surface area contributed by atoms with E-state index in [2.05, 4.69) is 31.2 Å². The Kier molecular flexibility index (Phi) is 3.66. The van der Waals surface area contributed by atoms with Gasteiger partial charge in [0, 0.05) is 0 Å². The van der Waals surface area contributed by atoms with Gasteiger partial charge in [-0.05, 0) is 23.8 Å². The Morgan fingerprint density at radius 1 is 1.30 bits per heavy atom. The molecule has 0 aromatic carbocycles. The molecule has 0 saturated heterocycles. The van der Waals surface area contributed by atoms with Crippen LogP contribution >= 0.6 is 11.8 Å². The molecule has 56 valence electrons. The lowest BCUT2D eigenvalue weighted by Gasteiger charge is -2.02. The van der Waals surface area contributed by atoms with Crippen LogP contribution in [0.2, 0.25) is 0 Å². The minimum Gasteiger partial charge on any atom is -0.162 e. The van der Waals surface area contributed by atoms with E-state index in [1.54, 1.807) is 0 Å². The van der Waals surface area contributed by atoms with Gasteiger partial charge in [-0.2, -0.15) is 11.8 Å². The molecule has 0 heterocycles. The Morgan fingerprint density at radius 3 is 2.60 bits per heavy atom. The molecule has 0 nitrogen and oxygen atoms in total. The molecular weight excluding hydrogens is 140 g/mol. The van der Waals surface area contributed by atoms with E-state index in [1.165, 1.54) is 17.9 Å². The predicted octanol–water partition coefficient (Wildman–Crippen LogP) is 2.87. The Balaban J connectivity index is 2.03. The van der Waals surface area contributed by atoms with E-state index in [-0.39, 0.29) is 0 Å². The van der Waals surface area contributed by atoms with Crippen molar-refractivity contribution < 1.29 is 0 Å². The molecule has 0 amide bonds. The third-order valence-electron chi connectivity index (χ3n) is 1.63. The summed E-state index contributed by atoms with van der Waals surface area (Å²) < 4.78 is 0. The van der Waals surface area contributed by atoms with Crippen LogP contribution in [0.15, 0.2) is 24.3 Å². The van der Waals surface area contributed by atoms with Crippen LogP contribution in [-0.2, 0) is 0 Å². The van der Waals surface area contributed by atoms with Gasteiger partial charge in [-0.15, -0.1) is 0 Å². The van der Waals surface area contributed by atoms with Crippen molar-refractivity contribution in [1.82, 2.24) is 0 Å². The van der Waals surface area contributed by atoms with E-state index in [9.17, 15) is 0 Å². The molecule has 1 aliphatic rings. The molecule has 0 bridgehead atoms. The van der Waals surface area contributed by atoms with Crippen molar-refractivity contribution in [3.05, 3.63) is 24.3 Å². The summed E-state index contributed by atoms with van der Waals surface area (Å²) >= 11 is 2.03. The van der Waals surface area contributed by atoms with E-state index in [1.807, 2.05) is 11.8 Å². The van der Waals surface area contributed by atoms with Gasteiger partial charge >= 0.3 is 0 Å². The van der Waals surface area contributed by atoms with Crippen molar-refractivity contribution in [1.29, 1.82) is 0 Å². The fourth-order valence-corrected chi connectivity index (χ4v) is 1.76. The van der Waals surface area contributed by atoms with Gasteiger partial charge < -0.3 is 0 Å². The van der Waals surface area contributed by atoms with Crippen molar-refractivity contribution in [2.24, 2.45) is 5.92 Å². The third kappa shape index (κ3) is 2.61. The monoisotopic (exact) mass is 154 g/mol. The SMILES string of the molecule is CCSCCC1C=CC=C1. The molecule has 0 N–H and O–H groups in total. The smallest absolute Gasteiger partial charge is 0.00394 e. The highest BCUT2D eigenvalue weighted by Crippen LogP contribution is 2.15. The standard InChI is InChI=1S/C9H14S/c1-2-10-8-7-9-5-3-4-6-9/h3-6,9H,2,7-8H2,1H3. The molecule has 1 rings (SSSR count). The van der Waals surface area contributed by atoms with Crippen LogP contribution in [-0.4, -0.2) is 11.5 Å². The van der Waals surface area contributed by atoms with Gasteiger partial charge in [0.1, 0.15) is 0 Å². The normalized spacial score (nSPS) is 16.9. The summed E-state index contributed by atoms with van der Waals surface area (Å²) in [6.07, 6.45) is 10.1. The molecule has 0 aromatic heterocycles. The lowest BCUT2D eigenvalue weighted by atomic mass is 10.1. The first-order chi connectivity index (χ1) is 4.93. The molecule has 0 atom stereocenters. The molecule has 1 heteroatoms. The van der Waals surface area contributed by atoms with Gasteiger partial charge in [0.25, 0.3) is 0 Å². The minimum absolute atomic E-state index is 0.735. The molecule has 0 aromatic rings. The van der Waals surface area contributed by atoms with Crippen LogP contribution in [0.5, 0.6) is 0 Å². The molecular formula is C9H14S. The Labute approximate surface area is 67.4 Å². The number of rotatable bonds is 4. The summed E-state index contributed by atoms with van der Waals surface area (Å²) in [4.78, 5) is 0. The first kappa shape index (κ1) is 7.93. The lowest BCUT2D eigenvalue weighted by molar-refractivity contribution is 0.794. The van der Waals surface area contributed by atoms with Crippen molar-refractivity contribution in [2.75, 3.05) is 11.5 Å². The van der Waals surface area contributed by atoms with E-state index in [0.29, 0.717) is 0 Å². The van der Waals surface area contributed by atoms with E-state index >= 15 is 0 Å². The highest BCUT2D eigenvalue weighted by molar-refractivity contribution is 7.99. The molecule has 0 unspecified atom stereocenters. The second kappa shape index (κ2) is 4.62. The lowest BCUT2D eigenvalue weighted by Crippen LogP contribution is -1.91. The summed E-state index contributed by atoms with van der Waals surface area (Å²) in [5.74, 6) is 3.29. The fourth-order valence-electron chi connectivity index (χ4n) is 1.03. The highest BCUT2D eigenvalue weighted by Gasteiger charge is 2.01. The summed E-state index contributed by atoms with van der Waals surface area (Å²) in [5, 5.41) is 0. The molecule has 1 aliphatic carbocycles. The van der Waals surface area contributed by atoms with Crippen molar-refractivity contribution in [2.45, 2.75) is 13.3 Å². The van der Waals surface area contributed by atoms with Gasteiger partial charge in [0.05, 0.1) is 0 Å². The second-order valence-electron chi connectivity index (χ2n) is 2.42. The number of hydrogen-bond acceptors (Lipinski definition) is 1. The van der Waals surface area contributed by atoms with Crippen LogP contribution in [0, 0.1) is 5.92 Å². The second-order valence-corrected chi connectivity index (χ2v) is 3.81. The van der Waals surface area contributed by atoms with Crippen LogP contribution < -0.4 is 0 Å². The summed E-state index contributed by atoms with van der Waals surface area (Å²) in [7, 11) is 0. The van der Waals surface area contributed by atoms with Gasteiger partial charge in [0.15, 0.2) is 0 Å². The maximum atomic E-state index is 2.27. The maximum Gasteiger partial charge on any atom is -0.00394 e. The average molecular weight is 154 g/mol. The number of hydrogen-bond donors (Lipinski definition) is 0.